The maximum absolute atomic E-state index is 10.9. The second kappa shape index (κ2) is 4.72. The van der Waals surface area contributed by atoms with E-state index < -0.39 is 0 Å². The minimum atomic E-state index is -0.260. The predicted octanol–water partition coefficient (Wildman–Crippen LogP) is 5.11. The van der Waals surface area contributed by atoms with Crippen molar-refractivity contribution in [1.82, 2.24) is 0 Å². The first-order valence-electron chi connectivity index (χ1n) is 8.74. The Kier molecular flexibility index (Phi) is 3.44. The summed E-state index contributed by atoms with van der Waals surface area (Å²) in [7, 11) is 0. The fourth-order valence-corrected chi connectivity index (χ4v) is 6.13. The van der Waals surface area contributed by atoms with E-state index in [1.165, 1.54) is 37.7 Å². The van der Waals surface area contributed by atoms with Crippen molar-refractivity contribution >= 4 is 0 Å². The summed E-state index contributed by atoms with van der Waals surface area (Å²) in [4.78, 5) is 0. The van der Waals surface area contributed by atoms with Crippen LogP contribution in [-0.4, -0.2) is 11.2 Å². The summed E-state index contributed by atoms with van der Waals surface area (Å²) in [5.41, 5.74) is 2.30. The maximum Gasteiger partial charge on any atom is 0.0762 e. The first kappa shape index (κ1) is 15.3. The lowest BCUT2D eigenvalue weighted by molar-refractivity contribution is -0.103. The van der Waals surface area contributed by atoms with Gasteiger partial charge in [-0.25, -0.2) is 0 Å². The highest BCUT2D eigenvalue weighted by Crippen LogP contribution is 2.63. The van der Waals surface area contributed by atoms with Crippen LogP contribution in [0, 0.1) is 28.1 Å². The molecule has 21 heavy (non-hydrogen) atoms. The van der Waals surface area contributed by atoms with Crippen LogP contribution >= 0.6 is 0 Å². The van der Waals surface area contributed by atoms with Gasteiger partial charge in [0.05, 0.1) is 6.10 Å². The molecule has 3 aliphatic carbocycles. The summed E-state index contributed by atoms with van der Waals surface area (Å²) in [5, 5.41) is 10.9. The van der Waals surface area contributed by atoms with Crippen molar-refractivity contribution in [3.8, 4) is 0 Å². The molecule has 0 bridgehead atoms. The second-order valence-electron chi connectivity index (χ2n) is 9.18. The lowest BCUT2D eigenvalue weighted by Crippen LogP contribution is -2.55. The van der Waals surface area contributed by atoms with Crippen molar-refractivity contribution in [2.24, 2.45) is 28.1 Å². The van der Waals surface area contributed by atoms with Crippen LogP contribution in [0.1, 0.15) is 66.2 Å². The molecule has 0 saturated heterocycles. The fourth-order valence-electron chi connectivity index (χ4n) is 6.13. The standard InChI is InChI=1S/C20H32O/c1-6-19(4)11-8-15-14(13-19)12-16(21)17-18(2,3)9-7-10-20(15,17)5/h6,12,15-17,21H,1,7-11,13H2,2-5H3/t15?,16-,17?,19-,20-/m1/s1. The van der Waals surface area contributed by atoms with E-state index in [0.717, 1.165) is 6.42 Å². The van der Waals surface area contributed by atoms with Crippen molar-refractivity contribution in [3.63, 3.8) is 0 Å². The molecule has 0 heterocycles. The molecule has 2 fully saturated rings. The molecule has 0 radical (unpaired) electrons. The fraction of sp³-hybridized carbons (Fsp3) is 0.800. The molecule has 1 N–H and O–H groups in total. The first-order valence-corrected chi connectivity index (χ1v) is 8.74. The number of allylic oxidation sites excluding steroid dienone is 2. The number of aliphatic hydroxyl groups is 1. The first-order chi connectivity index (χ1) is 9.72. The molecule has 0 aromatic heterocycles. The highest BCUT2D eigenvalue weighted by atomic mass is 16.3. The molecular formula is C20H32O. The Morgan fingerprint density at radius 2 is 1.90 bits per heavy atom. The molecule has 0 amide bonds. The van der Waals surface area contributed by atoms with E-state index in [9.17, 15) is 5.11 Å². The van der Waals surface area contributed by atoms with Crippen LogP contribution in [0.15, 0.2) is 24.3 Å². The molecule has 5 atom stereocenters. The van der Waals surface area contributed by atoms with E-state index in [1.54, 1.807) is 0 Å². The Morgan fingerprint density at radius 3 is 2.57 bits per heavy atom. The molecule has 1 heteroatoms. The number of hydrogen-bond acceptors (Lipinski definition) is 1. The minimum Gasteiger partial charge on any atom is -0.389 e. The number of rotatable bonds is 1. The van der Waals surface area contributed by atoms with Crippen molar-refractivity contribution in [2.45, 2.75) is 72.3 Å². The van der Waals surface area contributed by atoms with E-state index in [-0.39, 0.29) is 22.3 Å². The van der Waals surface area contributed by atoms with Gasteiger partial charge >= 0.3 is 0 Å². The molecular weight excluding hydrogens is 256 g/mol. The normalized spacial score (nSPS) is 48.8. The van der Waals surface area contributed by atoms with Gasteiger partial charge in [-0.1, -0.05) is 51.8 Å². The lowest BCUT2D eigenvalue weighted by Gasteiger charge is -2.60. The SMILES string of the molecule is C=C[C@]1(C)CCC2C(=C[C@@H](O)C3C(C)(C)CCC[C@]23C)C1. The summed E-state index contributed by atoms with van der Waals surface area (Å²) in [6, 6.07) is 0. The van der Waals surface area contributed by atoms with Crippen molar-refractivity contribution in [3.05, 3.63) is 24.3 Å². The molecule has 118 valence electrons. The highest BCUT2D eigenvalue weighted by Gasteiger charge is 2.56. The van der Waals surface area contributed by atoms with Gasteiger partial charge in [-0.15, -0.1) is 6.58 Å². The summed E-state index contributed by atoms with van der Waals surface area (Å²) in [6.07, 6.45) is 11.6. The smallest absolute Gasteiger partial charge is 0.0762 e. The summed E-state index contributed by atoms with van der Waals surface area (Å²) < 4.78 is 0. The van der Waals surface area contributed by atoms with Crippen LogP contribution < -0.4 is 0 Å². The van der Waals surface area contributed by atoms with Crippen LogP contribution in [0.2, 0.25) is 0 Å². The van der Waals surface area contributed by atoms with Crippen LogP contribution in [0.25, 0.3) is 0 Å². The van der Waals surface area contributed by atoms with Crippen LogP contribution in [0.5, 0.6) is 0 Å². The van der Waals surface area contributed by atoms with Gasteiger partial charge < -0.3 is 5.11 Å². The predicted molar refractivity (Wildman–Crippen MR) is 89.0 cm³/mol. The van der Waals surface area contributed by atoms with Crippen LogP contribution in [0.3, 0.4) is 0 Å². The average molecular weight is 288 g/mol. The van der Waals surface area contributed by atoms with Gasteiger partial charge in [0.25, 0.3) is 0 Å². The number of hydrogen-bond donors (Lipinski definition) is 1. The average Bonchev–Trinajstić information content (AvgIpc) is 2.36. The lowest BCUT2D eigenvalue weighted by atomic mass is 9.45. The van der Waals surface area contributed by atoms with Gasteiger partial charge in [-0.2, -0.15) is 0 Å². The Bertz CT molecular complexity index is 474. The van der Waals surface area contributed by atoms with Gasteiger partial charge in [0.2, 0.25) is 0 Å². The Labute approximate surface area is 130 Å². The van der Waals surface area contributed by atoms with Gasteiger partial charge in [0.1, 0.15) is 0 Å². The van der Waals surface area contributed by atoms with E-state index in [1.807, 2.05) is 0 Å². The van der Waals surface area contributed by atoms with E-state index in [0.29, 0.717) is 11.8 Å². The maximum atomic E-state index is 10.9. The van der Waals surface area contributed by atoms with E-state index in [2.05, 4.69) is 46.4 Å². The van der Waals surface area contributed by atoms with Crippen molar-refractivity contribution < 1.29 is 5.11 Å². The molecule has 2 saturated carbocycles. The van der Waals surface area contributed by atoms with Crippen LogP contribution in [-0.2, 0) is 0 Å². The van der Waals surface area contributed by atoms with E-state index in [4.69, 9.17) is 0 Å². The van der Waals surface area contributed by atoms with Crippen molar-refractivity contribution in [1.29, 1.82) is 0 Å². The molecule has 0 aromatic rings. The van der Waals surface area contributed by atoms with Crippen LogP contribution in [0.4, 0.5) is 0 Å². The van der Waals surface area contributed by atoms with Gasteiger partial charge in [-0.05, 0) is 60.2 Å². The zero-order valence-corrected chi connectivity index (χ0v) is 14.3. The number of fused-ring (bicyclic) bond motifs is 3. The summed E-state index contributed by atoms with van der Waals surface area (Å²) in [6.45, 7) is 13.6. The van der Waals surface area contributed by atoms with Gasteiger partial charge in [-0.3, -0.25) is 0 Å². The topological polar surface area (TPSA) is 20.2 Å². The molecule has 2 unspecified atom stereocenters. The third-order valence-corrected chi connectivity index (χ3v) is 7.16. The van der Waals surface area contributed by atoms with E-state index >= 15 is 0 Å². The molecule has 1 nitrogen and oxygen atoms in total. The Balaban J connectivity index is 2.01. The van der Waals surface area contributed by atoms with Crippen molar-refractivity contribution in [2.75, 3.05) is 0 Å². The molecule has 0 spiro atoms. The minimum absolute atomic E-state index is 0.232. The molecule has 3 rings (SSSR count). The Hall–Kier alpha value is -0.560. The third kappa shape index (κ3) is 2.23. The molecule has 0 aromatic carbocycles. The summed E-state index contributed by atoms with van der Waals surface area (Å²) >= 11 is 0. The monoisotopic (exact) mass is 288 g/mol. The zero-order valence-electron chi connectivity index (χ0n) is 14.3. The molecule has 3 aliphatic rings. The Morgan fingerprint density at radius 1 is 1.19 bits per heavy atom. The van der Waals surface area contributed by atoms with Gasteiger partial charge in [0.15, 0.2) is 0 Å². The number of aliphatic hydroxyl groups excluding tert-OH is 1. The quantitative estimate of drug-likeness (QED) is 0.665. The summed E-state index contributed by atoms with van der Waals surface area (Å²) in [5.74, 6) is 1.10. The molecule has 0 aliphatic heterocycles. The van der Waals surface area contributed by atoms with Gasteiger partial charge in [0, 0.05) is 0 Å². The zero-order chi connectivity index (χ0) is 15.5. The largest absolute Gasteiger partial charge is 0.389 e. The third-order valence-electron chi connectivity index (χ3n) is 7.16. The second-order valence-corrected chi connectivity index (χ2v) is 9.18. The highest BCUT2D eigenvalue weighted by molar-refractivity contribution is 5.27.